The highest BCUT2D eigenvalue weighted by molar-refractivity contribution is 9.10. The number of benzene rings is 2. The summed E-state index contributed by atoms with van der Waals surface area (Å²) in [6, 6.07) is 13.0. The number of para-hydroxylation sites is 1. The molecule has 0 spiro atoms. The fourth-order valence-corrected chi connectivity index (χ4v) is 5.16. The topological polar surface area (TPSA) is 73.2 Å². The number of ether oxygens (including phenoxy) is 1. The van der Waals surface area contributed by atoms with Crippen LogP contribution in [0.5, 0.6) is 5.75 Å². The van der Waals surface area contributed by atoms with Gasteiger partial charge in [-0.15, -0.1) is 11.3 Å². The Kier molecular flexibility index (Phi) is 7.14. The van der Waals surface area contributed by atoms with Gasteiger partial charge in [-0.1, -0.05) is 41.6 Å². The van der Waals surface area contributed by atoms with Gasteiger partial charge in [0, 0.05) is 10.8 Å². The first-order valence-corrected chi connectivity index (χ1v) is 12.2. The molecule has 0 unspecified atom stereocenters. The van der Waals surface area contributed by atoms with Crippen molar-refractivity contribution in [3.63, 3.8) is 0 Å². The number of nitrogens with zero attached hydrogens (tertiary/aromatic N) is 2. The van der Waals surface area contributed by atoms with Crippen molar-refractivity contribution in [3.05, 3.63) is 85.1 Å². The van der Waals surface area contributed by atoms with Gasteiger partial charge in [-0.05, 0) is 57.2 Å². The summed E-state index contributed by atoms with van der Waals surface area (Å²) in [5.74, 6) is -0.134. The second-order valence-electron chi connectivity index (χ2n) is 6.45. The minimum atomic E-state index is -0.526. The number of thiophene rings is 1. The van der Waals surface area contributed by atoms with Gasteiger partial charge in [0.2, 0.25) is 0 Å². The molecule has 0 aliphatic heterocycles. The molecular weight excluding hydrogens is 541 g/mol. The maximum Gasteiger partial charge on any atom is 0.291 e. The molecule has 2 aromatic heterocycles. The molecule has 1 N–H and O–H groups in total. The summed E-state index contributed by atoms with van der Waals surface area (Å²) in [5.41, 5.74) is 3.37. The van der Waals surface area contributed by atoms with E-state index in [2.05, 4.69) is 26.3 Å². The van der Waals surface area contributed by atoms with Crippen molar-refractivity contribution in [2.24, 2.45) is 0 Å². The van der Waals surface area contributed by atoms with E-state index < -0.39 is 17.3 Å². The predicted molar refractivity (Wildman–Crippen MR) is 129 cm³/mol. The Labute approximate surface area is 203 Å². The van der Waals surface area contributed by atoms with E-state index in [4.69, 9.17) is 16.3 Å². The number of hydrogen-bond acceptors (Lipinski definition) is 6. The average molecular weight is 555 g/mol. The molecule has 0 radical (unpaired) electrons. The minimum absolute atomic E-state index is 0.272. The molecule has 0 bridgehead atoms. The number of carbonyl (C=O) groups is 1. The van der Waals surface area contributed by atoms with Gasteiger partial charge in [0.05, 0.1) is 9.99 Å². The number of fused-ring (bicyclic) bond motifs is 1. The SMILES string of the molecule is O=C(COc1ccccc1Br)Nn1c(SCc2ccc(F)cc2Cl)nc2ccsc2c1=O. The molecule has 0 saturated carbocycles. The normalized spacial score (nSPS) is 11.0. The van der Waals surface area contributed by atoms with Gasteiger partial charge < -0.3 is 4.74 Å². The van der Waals surface area contributed by atoms with Crippen LogP contribution in [0.2, 0.25) is 5.02 Å². The van der Waals surface area contributed by atoms with E-state index in [1.807, 2.05) is 6.07 Å². The number of carbonyl (C=O) groups excluding carboxylic acids is 1. The Morgan fingerprint density at radius 3 is 2.88 bits per heavy atom. The smallest absolute Gasteiger partial charge is 0.291 e. The molecule has 0 atom stereocenters. The number of thioether (sulfide) groups is 1. The van der Waals surface area contributed by atoms with Crippen molar-refractivity contribution >= 4 is 66.8 Å². The van der Waals surface area contributed by atoms with Gasteiger partial charge in [0.15, 0.2) is 11.8 Å². The molecule has 6 nitrogen and oxygen atoms in total. The summed E-state index contributed by atoms with van der Waals surface area (Å²) in [6.07, 6.45) is 0. The largest absolute Gasteiger partial charge is 0.483 e. The molecule has 0 fully saturated rings. The fraction of sp³-hybridized carbons (Fsp3) is 0.0952. The van der Waals surface area contributed by atoms with Crippen molar-refractivity contribution in [1.29, 1.82) is 0 Å². The molecule has 0 aliphatic rings. The predicted octanol–water partition coefficient (Wildman–Crippen LogP) is 5.45. The Morgan fingerprint density at radius 1 is 1.28 bits per heavy atom. The average Bonchev–Trinajstić information content (AvgIpc) is 3.24. The van der Waals surface area contributed by atoms with Gasteiger partial charge in [0.1, 0.15) is 16.3 Å². The van der Waals surface area contributed by atoms with Crippen LogP contribution in [0.15, 0.2) is 68.3 Å². The van der Waals surface area contributed by atoms with Crippen LogP contribution in [0.25, 0.3) is 10.2 Å². The molecule has 1 amide bonds. The molecule has 0 saturated heterocycles. The molecule has 4 rings (SSSR count). The summed E-state index contributed by atoms with van der Waals surface area (Å²) in [5, 5.41) is 2.30. The quantitative estimate of drug-likeness (QED) is 0.243. The van der Waals surface area contributed by atoms with E-state index >= 15 is 0 Å². The van der Waals surface area contributed by atoms with Crippen LogP contribution in [-0.2, 0) is 10.5 Å². The summed E-state index contributed by atoms with van der Waals surface area (Å²) < 4.78 is 21.1. The van der Waals surface area contributed by atoms with Crippen molar-refractivity contribution in [2.45, 2.75) is 10.9 Å². The lowest BCUT2D eigenvalue weighted by Crippen LogP contribution is -2.37. The molecule has 2 aromatic carbocycles. The van der Waals surface area contributed by atoms with Crippen LogP contribution in [0.3, 0.4) is 0 Å². The third kappa shape index (κ3) is 5.15. The zero-order valence-electron chi connectivity index (χ0n) is 16.2. The van der Waals surface area contributed by atoms with E-state index in [0.717, 1.165) is 4.68 Å². The number of hydrogen-bond donors (Lipinski definition) is 1. The van der Waals surface area contributed by atoms with Crippen LogP contribution < -0.4 is 15.7 Å². The first-order chi connectivity index (χ1) is 15.4. The summed E-state index contributed by atoms with van der Waals surface area (Å²) >= 11 is 11.9. The van der Waals surface area contributed by atoms with Crippen LogP contribution in [-0.4, -0.2) is 22.2 Å². The molecule has 164 valence electrons. The van der Waals surface area contributed by atoms with Crippen LogP contribution in [0.1, 0.15) is 5.56 Å². The molecule has 32 heavy (non-hydrogen) atoms. The summed E-state index contributed by atoms with van der Waals surface area (Å²) in [7, 11) is 0. The maximum absolute atomic E-state index is 13.3. The minimum Gasteiger partial charge on any atom is -0.483 e. The number of amides is 1. The first-order valence-electron chi connectivity index (χ1n) is 9.16. The lowest BCUT2D eigenvalue weighted by atomic mass is 10.2. The zero-order chi connectivity index (χ0) is 22.7. The third-order valence-corrected chi connectivity index (χ3v) is 7.14. The number of nitrogens with one attached hydrogen (secondary N) is 1. The Morgan fingerprint density at radius 2 is 2.09 bits per heavy atom. The number of halogens is 3. The van der Waals surface area contributed by atoms with Crippen molar-refractivity contribution in [2.75, 3.05) is 12.0 Å². The second kappa shape index (κ2) is 10.0. The molecule has 4 aromatic rings. The van der Waals surface area contributed by atoms with Crippen LogP contribution >= 0.6 is 50.6 Å². The van der Waals surface area contributed by atoms with E-state index in [1.165, 1.54) is 35.2 Å². The molecule has 11 heteroatoms. The summed E-state index contributed by atoms with van der Waals surface area (Å²) in [6.45, 7) is -0.300. The lowest BCUT2D eigenvalue weighted by Gasteiger charge is -2.14. The number of rotatable bonds is 7. The molecular formula is C21H14BrClFN3O3S2. The standard InChI is InChI=1S/C21H14BrClFN3O3S2/c22-14-3-1-2-4-17(14)30-10-18(28)26-27-20(29)19-16(7-8-31-19)25-21(27)32-11-12-5-6-13(24)9-15(12)23/h1-9H,10-11H2,(H,26,28). The van der Waals surface area contributed by atoms with E-state index in [-0.39, 0.29) is 16.8 Å². The highest BCUT2D eigenvalue weighted by Crippen LogP contribution is 2.27. The van der Waals surface area contributed by atoms with E-state index in [9.17, 15) is 14.0 Å². The Hall–Kier alpha value is -2.40. The van der Waals surface area contributed by atoms with Crippen molar-refractivity contribution in [3.8, 4) is 5.75 Å². The van der Waals surface area contributed by atoms with Crippen molar-refractivity contribution in [1.82, 2.24) is 9.66 Å². The van der Waals surface area contributed by atoms with E-state index in [1.54, 1.807) is 35.7 Å². The van der Waals surface area contributed by atoms with E-state index in [0.29, 0.717) is 31.8 Å². The Bertz CT molecular complexity index is 1360. The van der Waals surface area contributed by atoms with Crippen molar-refractivity contribution < 1.29 is 13.9 Å². The molecule has 2 heterocycles. The van der Waals surface area contributed by atoms with Gasteiger partial charge in [0.25, 0.3) is 11.5 Å². The third-order valence-electron chi connectivity index (χ3n) is 4.25. The summed E-state index contributed by atoms with van der Waals surface area (Å²) in [4.78, 5) is 30.0. The zero-order valence-corrected chi connectivity index (χ0v) is 20.2. The van der Waals surface area contributed by atoms with Gasteiger partial charge in [-0.3, -0.25) is 15.0 Å². The van der Waals surface area contributed by atoms with Gasteiger partial charge >= 0.3 is 0 Å². The highest BCUT2D eigenvalue weighted by Gasteiger charge is 2.16. The lowest BCUT2D eigenvalue weighted by molar-refractivity contribution is -0.119. The van der Waals surface area contributed by atoms with Gasteiger partial charge in [-0.25, -0.2) is 9.37 Å². The molecule has 0 aliphatic carbocycles. The highest BCUT2D eigenvalue weighted by atomic mass is 79.9. The first kappa shape index (κ1) is 22.8. The van der Waals surface area contributed by atoms with Crippen LogP contribution in [0, 0.1) is 5.82 Å². The maximum atomic E-state index is 13.3. The number of aromatic nitrogens is 2. The monoisotopic (exact) mass is 553 g/mol. The second-order valence-corrected chi connectivity index (χ2v) is 9.57. The van der Waals surface area contributed by atoms with Crippen LogP contribution in [0.4, 0.5) is 4.39 Å². The fourth-order valence-electron chi connectivity index (χ4n) is 2.73. The van der Waals surface area contributed by atoms with Gasteiger partial charge in [-0.2, -0.15) is 4.68 Å². The Balaban J connectivity index is 1.56.